The number of ether oxygens (including phenoxy) is 1. The van der Waals surface area contributed by atoms with E-state index in [4.69, 9.17) is 4.74 Å². The first-order valence-corrected chi connectivity index (χ1v) is 5.08. The third-order valence-corrected chi connectivity index (χ3v) is 2.52. The molecule has 5 heteroatoms. The highest BCUT2D eigenvalue weighted by atomic mass is 16.5. The quantitative estimate of drug-likeness (QED) is 0.674. The van der Waals surface area contributed by atoms with Gasteiger partial charge in [-0.15, -0.1) is 10.2 Å². The van der Waals surface area contributed by atoms with Crippen LogP contribution in [0.25, 0.3) is 11.0 Å². The second kappa shape index (κ2) is 3.51. The van der Waals surface area contributed by atoms with E-state index in [2.05, 4.69) is 15.2 Å². The van der Waals surface area contributed by atoms with Gasteiger partial charge in [0.05, 0.1) is 26.3 Å². The van der Waals surface area contributed by atoms with Gasteiger partial charge in [0, 0.05) is 0 Å². The fourth-order valence-corrected chi connectivity index (χ4v) is 1.71. The summed E-state index contributed by atoms with van der Waals surface area (Å²) in [6, 6.07) is 7.89. The first kappa shape index (κ1) is 8.67. The lowest BCUT2D eigenvalue weighted by Gasteiger charge is -2.26. The number of hydrogen-bond donors (Lipinski definition) is 0. The molecule has 0 saturated carbocycles. The Morgan fingerprint density at radius 2 is 1.60 bits per heavy atom. The molecule has 3 rings (SSSR count). The molecule has 0 N–H and O–H groups in total. The van der Waals surface area contributed by atoms with Crippen LogP contribution in [0.2, 0.25) is 0 Å². The lowest BCUT2D eigenvalue weighted by atomic mass is 10.3. The van der Waals surface area contributed by atoms with E-state index in [-0.39, 0.29) is 0 Å². The molecule has 2 aromatic rings. The van der Waals surface area contributed by atoms with E-state index in [1.54, 1.807) is 4.91 Å². The van der Waals surface area contributed by atoms with Gasteiger partial charge in [-0.05, 0) is 12.1 Å². The smallest absolute Gasteiger partial charge is 0.115 e. The van der Waals surface area contributed by atoms with Crippen molar-refractivity contribution < 1.29 is 4.74 Å². The second-order valence-electron chi connectivity index (χ2n) is 3.52. The Morgan fingerprint density at radius 3 is 2.20 bits per heavy atom. The monoisotopic (exact) mass is 204 g/mol. The molecule has 0 spiro atoms. The molecule has 1 saturated heterocycles. The van der Waals surface area contributed by atoms with Crippen molar-refractivity contribution >= 4 is 11.0 Å². The summed E-state index contributed by atoms with van der Waals surface area (Å²) in [7, 11) is 0. The molecule has 0 bridgehead atoms. The minimum atomic E-state index is 0.748. The molecule has 0 unspecified atom stereocenters. The Balaban J connectivity index is 1.96. The Bertz CT molecular complexity index is 428. The summed E-state index contributed by atoms with van der Waals surface area (Å²) < 4.78 is 5.28. The van der Waals surface area contributed by atoms with Crippen LogP contribution in [0.1, 0.15) is 0 Å². The maximum Gasteiger partial charge on any atom is 0.115 e. The van der Waals surface area contributed by atoms with Crippen molar-refractivity contribution in [2.45, 2.75) is 0 Å². The zero-order chi connectivity index (χ0) is 10.1. The van der Waals surface area contributed by atoms with Gasteiger partial charge in [-0.25, -0.2) is 0 Å². The molecular formula is C10H12N4O. The van der Waals surface area contributed by atoms with E-state index in [0.29, 0.717) is 0 Å². The highest BCUT2D eigenvalue weighted by Gasteiger charge is 2.13. The lowest BCUT2D eigenvalue weighted by Crippen LogP contribution is -2.45. The molecule has 1 aliphatic heterocycles. The largest absolute Gasteiger partial charge is 0.378 e. The maximum absolute atomic E-state index is 5.28. The van der Waals surface area contributed by atoms with Gasteiger partial charge < -0.3 is 4.74 Å². The Kier molecular flexibility index (Phi) is 2.03. The third kappa shape index (κ3) is 1.55. The van der Waals surface area contributed by atoms with Crippen molar-refractivity contribution in [2.75, 3.05) is 31.3 Å². The van der Waals surface area contributed by atoms with Crippen molar-refractivity contribution in [1.82, 2.24) is 15.1 Å². The van der Waals surface area contributed by atoms with Crippen molar-refractivity contribution in [3.63, 3.8) is 0 Å². The summed E-state index contributed by atoms with van der Waals surface area (Å²) in [5, 5.41) is 10.9. The lowest BCUT2D eigenvalue weighted by molar-refractivity contribution is 0.106. The summed E-state index contributed by atoms with van der Waals surface area (Å²) in [6.07, 6.45) is 0. The summed E-state index contributed by atoms with van der Waals surface area (Å²) in [6.45, 7) is 3.19. The van der Waals surface area contributed by atoms with Gasteiger partial charge in [0.1, 0.15) is 11.0 Å². The molecule has 78 valence electrons. The normalized spacial score (nSPS) is 17.2. The van der Waals surface area contributed by atoms with Crippen LogP contribution in [0.3, 0.4) is 0 Å². The van der Waals surface area contributed by atoms with Crippen LogP contribution >= 0.6 is 0 Å². The van der Waals surface area contributed by atoms with Crippen LogP contribution in [0, 0.1) is 0 Å². The summed E-state index contributed by atoms with van der Waals surface area (Å²) in [4.78, 5) is 1.69. The standard InChI is InChI=1S/C10H12N4O/c1-2-4-10-9(3-1)11-14(12-10)13-5-7-15-8-6-13/h1-4H,5-8H2. The predicted molar refractivity (Wildman–Crippen MR) is 56.3 cm³/mol. The zero-order valence-electron chi connectivity index (χ0n) is 8.33. The minimum absolute atomic E-state index is 0.748. The first-order valence-electron chi connectivity index (χ1n) is 5.08. The van der Waals surface area contributed by atoms with Gasteiger partial charge in [0.2, 0.25) is 0 Å². The fourth-order valence-electron chi connectivity index (χ4n) is 1.71. The number of morpholine rings is 1. The molecule has 1 aromatic heterocycles. The number of rotatable bonds is 1. The molecule has 0 amide bonds. The molecule has 0 radical (unpaired) electrons. The average Bonchev–Trinajstić information content (AvgIpc) is 2.74. The fraction of sp³-hybridized carbons (Fsp3) is 0.400. The van der Waals surface area contributed by atoms with Crippen LogP contribution in [-0.2, 0) is 4.74 Å². The number of benzene rings is 1. The second-order valence-corrected chi connectivity index (χ2v) is 3.52. The van der Waals surface area contributed by atoms with Crippen LogP contribution < -0.4 is 5.01 Å². The molecule has 1 fully saturated rings. The maximum atomic E-state index is 5.28. The summed E-state index contributed by atoms with van der Waals surface area (Å²) in [5.41, 5.74) is 1.87. The van der Waals surface area contributed by atoms with E-state index in [9.17, 15) is 0 Å². The average molecular weight is 204 g/mol. The van der Waals surface area contributed by atoms with Gasteiger partial charge in [-0.1, -0.05) is 17.0 Å². The molecule has 0 atom stereocenters. The molecule has 0 aliphatic carbocycles. The highest BCUT2D eigenvalue weighted by molar-refractivity contribution is 5.73. The molecule has 1 aromatic carbocycles. The molecule has 15 heavy (non-hydrogen) atoms. The molecule has 5 nitrogen and oxygen atoms in total. The van der Waals surface area contributed by atoms with E-state index >= 15 is 0 Å². The minimum Gasteiger partial charge on any atom is -0.378 e. The number of aromatic nitrogens is 3. The van der Waals surface area contributed by atoms with Gasteiger partial charge >= 0.3 is 0 Å². The van der Waals surface area contributed by atoms with Crippen LogP contribution in [0.4, 0.5) is 0 Å². The first-order chi connectivity index (χ1) is 7.43. The highest BCUT2D eigenvalue weighted by Crippen LogP contribution is 2.07. The van der Waals surface area contributed by atoms with Crippen LogP contribution in [0.15, 0.2) is 24.3 Å². The Morgan fingerprint density at radius 1 is 1.00 bits per heavy atom. The summed E-state index contributed by atoms with van der Waals surface area (Å²) >= 11 is 0. The number of nitrogens with zero attached hydrogens (tertiary/aromatic N) is 4. The van der Waals surface area contributed by atoms with Gasteiger partial charge in [-0.2, -0.15) is 0 Å². The SMILES string of the molecule is c1ccc2nn(N3CCOCC3)nc2c1. The molecule has 2 heterocycles. The van der Waals surface area contributed by atoms with Crippen molar-refractivity contribution in [3.8, 4) is 0 Å². The van der Waals surface area contributed by atoms with Crippen molar-refractivity contribution in [1.29, 1.82) is 0 Å². The van der Waals surface area contributed by atoms with E-state index in [1.165, 1.54) is 0 Å². The van der Waals surface area contributed by atoms with Crippen molar-refractivity contribution in [3.05, 3.63) is 24.3 Å². The van der Waals surface area contributed by atoms with Gasteiger partial charge in [0.15, 0.2) is 0 Å². The Hall–Kier alpha value is -1.62. The Labute approximate surface area is 87.2 Å². The third-order valence-electron chi connectivity index (χ3n) is 2.52. The molecular weight excluding hydrogens is 192 g/mol. The van der Waals surface area contributed by atoms with Gasteiger partial charge in [-0.3, -0.25) is 5.01 Å². The number of fused-ring (bicyclic) bond motifs is 1. The van der Waals surface area contributed by atoms with E-state index in [1.807, 2.05) is 24.3 Å². The van der Waals surface area contributed by atoms with E-state index in [0.717, 1.165) is 37.3 Å². The predicted octanol–water partition coefficient (Wildman–Crippen LogP) is 0.399. The number of hydrogen-bond acceptors (Lipinski definition) is 4. The zero-order valence-corrected chi connectivity index (χ0v) is 8.33. The van der Waals surface area contributed by atoms with Crippen LogP contribution in [-0.4, -0.2) is 41.4 Å². The van der Waals surface area contributed by atoms with E-state index < -0.39 is 0 Å². The van der Waals surface area contributed by atoms with Crippen LogP contribution in [0.5, 0.6) is 0 Å². The summed E-state index contributed by atoms with van der Waals surface area (Å²) in [5.74, 6) is 0. The van der Waals surface area contributed by atoms with Gasteiger partial charge in [0.25, 0.3) is 0 Å². The topological polar surface area (TPSA) is 43.2 Å². The van der Waals surface area contributed by atoms with Crippen molar-refractivity contribution in [2.24, 2.45) is 0 Å². The molecule has 1 aliphatic rings.